The molecule has 0 amide bonds. The fraction of sp³-hybridized carbons (Fsp3) is 0.808. The topological polar surface area (TPSA) is 140 Å². The zero-order valence-corrected chi connectivity index (χ0v) is 20.4. The molecule has 9 heteroatoms. The normalized spacial score (nSPS) is 55.7. The highest BCUT2D eigenvalue weighted by atomic mass is 16.7. The van der Waals surface area contributed by atoms with E-state index in [0.29, 0.717) is 19.3 Å². The van der Waals surface area contributed by atoms with Crippen LogP contribution < -0.4 is 0 Å². The van der Waals surface area contributed by atoms with Gasteiger partial charge in [-0.15, -0.1) is 0 Å². The molecule has 0 aromatic carbocycles. The van der Waals surface area contributed by atoms with Gasteiger partial charge >= 0.3 is 17.9 Å². The van der Waals surface area contributed by atoms with Crippen LogP contribution in [0.4, 0.5) is 0 Å². The van der Waals surface area contributed by atoms with Crippen LogP contribution in [0.5, 0.6) is 0 Å². The number of hydrogen-bond donors (Lipinski definition) is 3. The van der Waals surface area contributed by atoms with Crippen LogP contribution >= 0.6 is 0 Å². The Morgan fingerprint density at radius 1 is 1.20 bits per heavy atom. The van der Waals surface area contributed by atoms with Crippen LogP contribution in [0.25, 0.3) is 0 Å². The molecule has 0 aromatic heterocycles. The van der Waals surface area contributed by atoms with Crippen molar-refractivity contribution in [2.45, 2.75) is 76.7 Å². The summed E-state index contributed by atoms with van der Waals surface area (Å²) in [4.78, 5) is 37.8. The number of aliphatic hydroxyl groups is 2. The van der Waals surface area contributed by atoms with Gasteiger partial charge in [-0.3, -0.25) is 9.59 Å². The third kappa shape index (κ3) is 2.89. The summed E-state index contributed by atoms with van der Waals surface area (Å²) < 4.78 is 17.9. The number of esters is 2. The zero-order valence-electron chi connectivity index (χ0n) is 20.4. The lowest BCUT2D eigenvalue weighted by atomic mass is 9.59. The largest absolute Gasteiger partial charge is 0.478 e. The average molecular weight is 491 g/mol. The number of hydrogen-bond acceptors (Lipinski definition) is 8. The number of carboxylic acid groups (broad SMARTS) is 1. The molecule has 3 N–H and O–H groups in total. The van der Waals surface area contributed by atoms with Gasteiger partial charge in [0.2, 0.25) is 0 Å². The van der Waals surface area contributed by atoms with Crippen molar-refractivity contribution in [2.24, 2.45) is 53.3 Å². The number of rotatable bonds is 2. The quantitative estimate of drug-likeness (QED) is 0.491. The summed E-state index contributed by atoms with van der Waals surface area (Å²) in [7, 11) is 0. The summed E-state index contributed by atoms with van der Waals surface area (Å²) in [6.07, 6.45) is 1.38. The van der Waals surface area contributed by atoms with Crippen molar-refractivity contribution in [3.8, 4) is 0 Å². The van der Waals surface area contributed by atoms with Crippen molar-refractivity contribution in [1.82, 2.24) is 0 Å². The van der Waals surface area contributed by atoms with Gasteiger partial charge in [0.25, 0.3) is 0 Å². The smallest absolute Gasteiger partial charge is 0.331 e. The Labute approximate surface area is 203 Å². The number of carboxylic acids is 1. The lowest BCUT2D eigenvalue weighted by Gasteiger charge is -2.57. The van der Waals surface area contributed by atoms with Crippen LogP contribution in [-0.2, 0) is 28.6 Å². The predicted octanol–water partition coefficient (Wildman–Crippen LogP) is 1.50. The van der Waals surface area contributed by atoms with Gasteiger partial charge < -0.3 is 29.5 Å². The molecule has 3 bridgehead atoms. The van der Waals surface area contributed by atoms with Crippen LogP contribution in [-0.4, -0.2) is 62.9 Å². The molecular formula is C26H34O9. The average Bonchev–Trinajstić information content (AvgIpc) is 3.26. The second-order valence-corrected chi connectivity index (χ2v) is 12.1. The Bertz CT molecular complexity index is 1020. The van der Waals surface area contributed by atoms with Gasteiger partial charge in [0, 0.05) is 30.3 Å². The van der Waals surface area contributed by atoms with Crippen molar-refractivity contribution in [1.29, 1.82) is 0 Å². The predicted molar refractivity (Wildman–Crippen MR) is 118 cm³/mol. The lowest BCUT2D eigenvalue weighted by Crippen LogP contribution is -2.68. The molecule has 3 aliphatic carbocycles. The van der Waals surface area contributed by atoms with Gasteiger partial charge in [0.1, 0.15) is 18.1 Å². The number of fused-ring (bicyclic) bond motifs is 9. The summed E-state index contributed by atoms with van der Waals surface area (Å²) in [5.41, 5.74) is -0.518. The minimum atomic E-state index is -1.72. The van der Waals surface area contributed by atoms with E-state index in [0.717, 1.165) is 0 Å². The summed E-state index contributed by atoms with van der Waals surface area (Å²) in [6.45, 7) is 6.93. The van der Waals surface area contributed by atoms with E-state index in [9.17, 15) is 29.7 Å². The van der Waals surface area contributed by atoms with E-state index in [1.165, 1.54) is 6.92 Å². The molecule has 6 rings (SSSR count). The van der Waals surface area contributed by atoms with Gasteiger partial charge in [0.05, 0.1) is 11.7 Å². The number of aliphatic hydroxyl groups excluding tert-OH is 1. The fourth-order valence-corrected chi connectivity index (χ4v) is 9.12. The Morgan fingerprint density at radius 3 is 2.57 bits per heavy atom. The maximum Gasteiger partial charge on any atom is 0.331 e. The van der Waals surface area contributed by atoms with Crippen LogP contribution in [0.3, 0.4) is 0 Å². The summed E-state index contributed by atoms with van der Waals surface area (Å²) >= 11 is 0. The van der Waals surface area contributed by atoms with E-state index >= 15 is 0 Å². The van der Waals surface area contributed by atoms with E-state index in [2.05, 4.69) is 0 Å². The molecule has 0 spiro atoms. The Balaban J connectivity index is 1.52. The fourth-order valence-electron chi connectivity index (χ4n) is 9.12. The first-order valence-corrected chi connectivity index (χ1v) is 12.8. The van der Waals surface area contributed by atoms with Crippen LogP contribution in [0.15, 0.2) is 11.6 Å². The molecule has 14 atom stereocenters. The van der Waals surface area contributed by atoms with Gasteiger partial charge in [-0.05, 0) is 55.8 Å². The van der Waals surface area contributed by atoms with Crippen molar-refractivity contribution < 1.29 is 43.9 Å². The van der Waals surface area contributed by atoms with Crippen molar-refractivity contribution >= 4 is 17.9 Å². The monoisotopic (exact) mass is 490 g/mol. The molecule has 9 nitrogen and oxygen atoms in total. The van der Waals surface area contributed by atoms with E-state index in [1.807, 2.05) is 20.8 Å². The molecule has 5 fully saturated rings. The standard InChI is InChI=1S/C26H34O9/c1-9-21(28)18-14(22(9)33-11(3)27)7-13(23(29)30)12-8-15-19(17(12)18)20-24(31)34-16-5-6-25(15,4)35-26(20,32)10(16)2/h7,9-10,12,14-22,28,32H,5-6,8H2,1-4H3,(H,29,30)/t9-,10-,12-,14+,15-,16-,17+,18?,19?,20+,21-,22+,25-,26-/m1/s1. The molecular weight excluding hydrogens is 456 g/mol. The second kappa shape index (κ2) is 7.29. The first-order chi connectivity index (χ1) is 16.4. The van der Waals surface area contributed by atoms with Crippen molar-refractivity contribution in [2.75, 3.05) is 0 Å². The van der Waals surface area contributed by atoms with Crippen LogP contribution in [0.2, 0.25) is 0 Å². The second-order valence-electron chi connectivity index (χ2n) is 12.1. The first kappa shape index (κ1) is 23.4. The molecule has 3 heterocycles. The molecule has 2 saturated carbocycles. The number of carbonyl (C=O) groups excluding carboxylic acids is 2. The van der Waals surface area contributed by atoms with E-state index in [1.54, 1.807) is 6.08 Å². The van der Waals surface area contributed by atoms with Gasteiger partial charge in [0.15, 0.2) is 5.79 Å². The van der Waals surface area contributed by atoms with Crippen molar-refractivity contribution in [3.05, 3.63) is 11.6 Å². The molecule has 6 aliphatic rings. The molecule has 35 heavy (non-hydrogen) atoms. The van der Waals surface area contributed by atoms with Crippen LogP contribution in [0, 0.1) is 53.3 Å². The highest BCUT2D eigenvalue weighted by Crippen LogP contribution is 2.68. The minimum Gasteiger partial charge on any atom is -0.478 e. The Hall–Kier alpha value is -1.97. The molecule has 0 radical (unpaired) electrons. The Morgan fingerprint density at radius 2 is 1.91 bits per heavy atom. The maximum absolute atomic E-state index is 13.4. The summed E-state index contributed by atoms with van der Waals surface area (Å²) in [5, 5.41) is 33.6. The minimum absolute atomic E-state index is 0.184. The van der Waals surface area contributed by atoms with Crippen LogP contribution in [0.1, 0.15) is 47.0 Å². The van der Waals surface area contributed by atoms with Gasteiger partial charge in [-0.25, -0.2) is 4.79 Å². The number of ether oxygens (including phenoxy) is 3. The highest BCUT2D eigenvalue weighted by molar-refractivity contribution is 5.88. The number of carbonyl (C=O) groups is 3. The Kier molecular flexibility index (Phi) is 4.88. The molecule has 2 unspecified atom stereocenters. The molecule has 3 saturated heterocycles. The van der Waals surface area contributed by atoms with E-state index < -0.39 is 95.0 Å². The summed E-state index contributed by atoms with van der Waals surface area (Å²) in [6, 6.07) is 0. The molecule has 3 aliphatic heterocycles. The summed E-state index contributed by atoms with van der Waals surface area (Å²) in [5.74, 6) is -7.87. The zero-order chi connectivity index (χ0) is 25.2. The maximum atomic E-state index is 13.4. The van der Waals surface area contributed by atoms with E-state index in [4.69, 9.17) is 14.2 Å². The highest BCUT2D eigenvalue weighted by Gasteiger charge is 2.74. The van der Waals surface area contributed by atoms with Crippen molar-refractivity contribution in [3.63, 3.8) is 0 Å². The third-order valence-electron chi connectivity index (χ3n) is 10.6. The number of aliphatic carboxylic acids is 1. The molecule has 0 aromatic rings. The molecule has 192 valence electrons. The SMILES string of the molecule is CC(=O)O[C@H]1[C@H](C)[C@@H](O)C2[C@H]3C4[C@H]5C(=O)O[C@@H]6CC[C@@](C)(O[C@]5(O)[C@@H]6C)[C@@H]4C[C@@H]3C(C(=O)O)=C[C@@H]21. The van der Waals surface area contributed by atoms with E-state index in [-0.39, 0.29) is 11.5 Å². The lowest BCUT2D eigenvalue weighted by molar-refractivity contribution is -0.369. The van der Waals surface area contributed by atoms with Gasteiger partial charge in [-0.2, -0.15) is 0 Å². The van der Waals surface area contributed by atoms with Gasteiger partial charge in [-0.1, -0.05) is 19.9 Å². The third-order valence-corrected chi connectivity index (χ3v) is 10.6. The first-order valence-electron chi connectivity index (χ1n) is 12.8.